The average molecular weight is 306 g/mol. The van der Waals surface area contributed by atoms with E-state index < -0.39 is 11.7 Å². The highest BCUT2D eigenvalue weighted by atomic mass is 35.5. The van der Waals surface area contributed by atoms with E-state index in [1.165, 1.54) is 23.1 Å². The molecule has 0 aliphatic carbocycles. The molecule has 1 amide bonds. The summed E-state index contributed by atoms with van der Waals surface area (Å²) in [6.07, 6.45) is 1.56. The molecule has 108 valence electrons. The molecule has 2 aromatic rings. The number of rotatable bonds is 1. The Kier molecular flexibility index (Phi) is 3.55. The first-order valence-electron chi connectivity index (χ1n) is 6.65. The van der Waals surface area contributed by atoms with Crippen LogP contribution in [0.5, 0.6) is 5.75 Å². The quantitative estimate of drug-likeness (QED) is 0.871. The van der Waals surface area contributed by atoms with Crippen LogP contribution in [0.25, 0.3) is 0 Å². The molecule has 21 heavy (non-hydrogen) atoms. The molecule has 0 bridgehead atoms. The van der Waals surface area contributed by atoms with E-state index in [4.69, 9.17) is 11.6 Å². The standard InChI is InChI=1S/C16H13ClFNO2/c17-11-6-7-12(13(18)9-11)16(21)19-8-2-4-10-3-1-5-14(20)15(10)19/h1,3,5-7,9,20H,2,4,8H2. The van der Waals surface area contributed by atoms with Gasteiger partial charge in [0, 0.05) is 11.6 Å². The summed E-state index contributed by atoms with van der Waals surface area (Å²) in [4.78, 5) is 14.0. The lowest BCUT2D eigenvalue weighted by Crippen LogP contribution is -2.36. The second-order valence-electron chi connectivity index (χ2n) is 4.97. The first kappa shape index (κ1) is 13.9. The number of halogens is 2. The number of amides is 1. The van der Waals surface area contributed by atoms with Crippen LogP contribution in [-0.4, -0.2) is 17.6 Å². The lowest BCUT2D eigenvalue weighted by molar-refractivity contribution is 0.0980. The number of benzene rings is 2. The maximum atomic E-state index is 13.9. The van der Waals surface area contributed by atoms with Gasteiger partial charge in [-0.25, -0.2) is 4.39 Å². The van der Waals surface area contributed by atoms with Crippen molar-refractivity contribution in [3.05, 3.63) is 58.4 Å². The highest BCUT2D eigenvalue weighted by Gasteiger charge is 2.27. The molecule has 0 spiro atoms. The van der Waals surface area contributed by atoms with Crippen molar-refractivity contribution in [1.82, 2.24) is 0 Å². The molecular weight excluding hydrogens is 293 g/mol. The summed E-state index contributed by atoms with van der Waals surface area (Å²) < 4.78 is 13.9. The summed E-state index contributed by atoms with van der Waals surface area (Å²) >= 11 is 5.71. The molecule has 1 aliphatic heterocycles. The molecule has 3 nitrogen and oxygen atoms in total. The van der Waals surface area contributed by atoms with E-state index in [1.54, 1.807) is 6.07 Å². The van der Waals surface area contributed by atoms with E-state index >= 15 is 0 Å². The fraction of sp³-hybridized carbons (Fsp3) is 0.188. The lowest BCUT2D eigenvalue weighted by atomic mass is 10.00. The Morgan fingerprint density at radius 3 is 2.86 bits per heavy atom. The summed E-state index contributed by atoms with van der Waals surface area (Å²) in [5.74, 6) is -1.09. The molecule has 3 rings (SSSR count). The van der Waals surface area contributed by atoms with Crippen LogP contribution in [0.3, 0.4) is 0 Å². The van der Waals surface area contributed by atoms with Crippen LogP contribution >= 0.6 is 11.6 Å². The molecule has 0 fully saturated rings. The van der Waals surface area contributed by atoms with Crippen LogP contribution in [0.15, 0.2) is 36.4 Å². The Morgan fingerprint density at radius 1 is 1.29 bits per heavy atom. The van der Waals surface area contributed by atoms with Crippen LogP contribution in [0.4, 0.5) is 10.1 Å². The van der Waals surface area contributed by atoms with Crippen LogP contribution in [0.2, 0.25) is 5.02 Å². The minimum absolute atomic E-state index is 0.0370. The number of carbonyl (C=O) groups is 1. The number of phenols is 1. The van der Waals surface area contributed by atoms with Crippen molar-refractivity contribution < 1.29 is 14.3 Å². The predicted molar refractivity (Wildman–Crippen MR) is 79.5 cm³/mol. The SMILES string of the molecule is O=C(c1ccc(Cl)cc1F)N1CCCc2cccc(O)c21. The molecule has 0 radical (unpaired) electrons. The zero-order chi connectivity index (χ0) is 15.0. The van der Waals surface area contributed by atoms with Gasteiger partial charge in [-0.3, -0.25) is 4.79 Å². The minimum atomic E-state index is -0.657. The Hall–Kier alpha value is -2.07. The number of fused-ring (bicyclic) bond motifs is 1. The first-order valence-corrected chi connectivity index (χ1v) is 7.03. The van der Waals surface area contributed by atoms with Crippen molar-refractivity contribution in [3.63, 3.8) is 0 Å². The van der Waals surface area contributed by atoms with E-state index in [0.717, 1.165) is 24.5 Å². The summed E-state index contributed by atoms with van der Waals surface area (Å²) in [6, 6.07) is 9.10. The van der Waals surface area contributed by atoms with Crippen molar-refractivity contribution in [2.75, 3.05) is 11.4 Å². The van der Waals surface area contributed by atoms with E-state index in [-0.39, 0.29) is 16.3 Å². The molecular formula is C16H13ClFNO2. The maximum Gasteiger partial charge on any atom is 0.261 e. The van der Waals surface area contributed by atoms with Gasteiger partial charge in [-0.2, -0.15) is 0 Å². The summed E-state index contributed by atoms with van der Waals surface area (Å²) in [7, 11) is 0. The van der Waals surface area contributed by atoms with Crippen LogP contribution in [0, 0.1) is 5.82 Å². The number of para-hydroxylation sites is 1. The molecule has 0 aromatic heterocycles. The Bertz CT molecular complexity index is 717. The van der Waals surface area contributed by atoms with Crippen molar-refractivity contribution in [3.8, 4) is 5.75 Å². The van der Waals surface area contributed by atoms with Gasteiger partial charge in [0.25, 0.3) is 5.91 Å². The largest absolute Gasteiger partial charge is 0.506 e. The number of hydrogen-bond donors (Lipinski definition) is 1. The number of phenolic OH excluding ortho intramolecular Hbond substituents is 1. The Balaban J connectivity index is 2.04. The number of anilines is 1. The first-order chi connectivity index (χ1) is 10.1. The number of hydrogen-bond acceptors (Lipinski definition) is 2. The van der Waals surface area contributed by atoms with Crippen molar-refractivity contribution in [2.45, 2.75) is 12.8 Å². The van der Waals surface area contributed by atoms with E-state index in [0.29, 0.717) is 12.2 Å². The van der Waals surface area contributed by atoms with Gasteiger partial charge in [-0.1, -0.05) is 23.7 Å². The summed E-state index contributed by atoms with van der Waals surface area (Å²) in [5.41, 5.74) is 1.32. The predicted octanol–water partition coefficient (Wildman–Crippen LogP) is 3.78. The van der Waals surface area contributed by atoms with Gasteiger partial charge in [0.15, 0.2) is 0 Å². The maximum absolute atomic E-state index is 13.9. The number of nitrogens with zero attached hydrogens (tertiary/aromatic N) is 1. The highest BCUT2D eigenvalue weighted by molar-refractivity contribution is 6.30. The smallest absolute Gasteiger partial charge is 0.261 e. The topological polar surface area (TPSA) is 40.5 Å². The van der Waals surface area contributed by atoms with Crippen molar-refractivity contribution in [2.24, 2.45) is 0 Å². The molecule has 5 heteroatoms. The van der Waals surface area contributed by atoms with E-state index in [2.05, 4.69) is 0 Å². The van der Waals surface area contributed by atoms with Crippen LogP contribution < -0.4 is 4.90 Å². The number of carbonyl (C=O) groups excluding carboxylic acids is 1. The van der Waals surface area contributed by atoms with Crippen LogP contribution in [-0.2, 0) is 6.42 Å². The molecule has 0 atom stereocenters. The highest BCUT2D eigenvalue weighted by Crippen LogP contribution is 2.36. The van der Waals surface area contributed by atoms with Gasteiger partial charge in [-0.15, -0.1) is 0 Å². The third-order valence-electron chi connectivity index (χ3n) is 3.60. The van der Waals surface area contributed by atoms with Gasteiger partial charge >= 0.3 is 0 Å². The Morgan fingerprint density at radius 2 is 2.10 bits per heavy atom. The summed E-state index contributed by atoms with van der Waals surface area (Å²) in [6.45, 7) is 0.450. The third-order valence-corrected chi connectivity index (χ3v) is 3.84. The van der Waals surface area contributed by atoms with Crippen molar-refractivity contribution >= 4 is 23.2 Å². The second kappa shape index (κ2) is 5.37. The van der Waals surface area contributed by atoms with Gasteiger partial charge in [0.2, 0.25) is 0 Å². The van der Waals surface area contributed by atoms with Gasteiger partial charge in [0.05, 0.1) is 11.3 Å². The van der Waals surface area contributed by atoms with Gasteiger partial charge in [-0.05, 0) is 42.7 Å². The molecule has 1 heterocycles. The monoisotopic (exact) mass is 305 g/mol. The van der Waals surface area contributed by atoms with Crippen molar-refractivity contribution in [1.29, 1.82) is 0 Å². The van der Waals surface area contributed by atoms with Gasteiger partial charge in [0.1, 0.15) is 11.6 Å². The second-order valence-corrected chi connectivity index (χ2v) is 5.41. The molecule has 0 saturated carbocycles. The number of aromatic hydroxyl groups is 1. The zero-order valence-electron chi connectivity index (χ0n) is 11.1. The Labute approximate surface area is 126 Å². The molecule has 0 saturated heterocycles. The molecule has 2 aromatic carbocycles. The lowest BCUT2D eigenvalue weighted by Gasteiger charge is -2.30. The van der Waals surface area contributed by atoms with Gasteiger partial charge < -0.3 is 10.0 Å². The fourth-order valence-corrected chi connectivity index (χ4v) is 2.80. The average Bonchev–Trinajstić information content (AvgIpc) is 2.46. The molecule has 1 aliphatic rings. The normalized spacial score (nSPS) is 13.9. The van der Waals surface area contributed by atoms with Crippen LogP contribution in [0.1, 0.15) is 22.3 Å². The third kappa shape index (κ3) is 2.47. The fourth-order valence-electron chi connectivity index (χ4n) is 2.64. The van der Waals surface area contributed by atoms with E-state index in [1.807, 2.05) is 6.07 Å². The summed E-state index contributed by atoms with van der Waals surface area (Å²) in [5, 5.41) is 10.3. The minimum Gasteiger partial charge on any atom is -0.506 e. The zero-order valence-corrected chi connectivity index (χ0v) is 11.9. The molecule has 1 N–H and O–H groups in total. The number of aryl methyl sites for hydroxylation is 1. The van der Waals surface area contributed by atoms with E-state index in [9.17, 15) is 14.3 Å². The molecule has 0 unspecified atom stereocenters.